The number of carboxylic acid groups (broad SMARTS) is 1. The number of ether oxygens (including phenoxy) is 2. The average Bonchev–Trinajstić information content (AvgIpc) is 3.44. The summed E-state index contributed by atoms with van der Waals surface area (Å²) in [4.78, 5) is 28.7. The Morgan fingerprint density at radius 2 is 1.89 bits per heavy atom. The maximum atomic E-state index is 12.6. The maximum Gasteiger partial charge on any atom is 0.344 e. The number of esters is 1. The summed E-state index contributed by atoms with van der Waals surface area (Å²) in [6.07, 6.45) is 1.58. The van der Waals surface area contributed by atoms with Crippen LogP contribution in [0.3, 0.4) is 0 Å². The second-order valence-electron chi connectivity index (χ2n) is 7.26. The number of nitrogens with zero attached hydrogens (tertiary/aromatic N) is 1. The van der Waals surface area contributed by atoms with Gasteiger partial charge in [0, 0.05) is 5.56 Å². The molecule has 0 radical (unpaired) electrons. The highest BCUT2D eigenvalue weighted by Gasteiger charge is 2.33. The molecule has 0 bridgehead atoms. The zero-order valence-electron chi connectivity index (χ0n) is 18.8. The number of benzene rings is 2. The first-order chi connectivity index (χ1) is 16.9. The number of rotatable bonds is 7. The van der Waals surface area contributed by atoms with Crippen LogP contribution in [0.5, 0.6) is 5.75 Å². The van der Waals surface area contributed by atoms with Crippen LogP contribution in [0.15, 0.2) is 86.3 Å². The van der Waals surface area contributed by atoms with Gasteiger partial charge < -0.3 is 24.1 Å². The highest BCUT2D eigenvalue weighted by atomic mass is 32.2. The number of aliphatic hydroxyl groups is 1. The van der Waals surface area contributed by atoms with Crippen LogP contribution >= 0.6 is 11.8 Å². The van der Waals surface area contributed by atoms with Gasteiger partial charge in [0.2, 0.25) is 0 Å². The number of carbonyl (C=O) groups is 2. The van der Waals surface area contributed by atoms with E-state index in [0.29, 0.717) is 38.5 Å². The van der Waals surface area contributed by atoms with Crippen LogP contribution in [0, 0.1) is 0 Å². The number of methoxy groups -OCH3 is 1. The second kappa shape index (κ2) is 10.4. The number of carbonyl (C=O) groups excluding carboxylic acids is 1. The Kier molecular flexibility index (Phi) is 7.07. The van der Waals surface area contributed by atoms with Gasteiger partial charge in [-0.1, -0.05) is 23.9 Å². The van der Waals surface area contributed by atoms with Crippen LogP contribution < -0.4 is 4.74 Å². The fraction of sp³-hybridized carbons (Fsp3) is 0.115. The summed E-state index contributed by atoms with van der Waals surface area (Å²) >= 11 is 1.11. The monoisotopic (exact) mass is 491 g/mol. The van der Waals surface area contributed by atoms with Crippen molar-refractivity contribution in [2.45, 2.75) is 6.92 Å². The third kappa shape index (κ3) is 5.30. The van der Waals surface area contributed by atoms with Crippen LogP contribution in [-0.4, -0.2) is 40.9 Å². The van der Waals surface area contributed by atoms with Crippen LogP contribution in [-0.2, 0) is 9.53 Å². The molecule has 2 aromatic carbocycles. The molecule has 35 heavy (non-hydrogen) atoms. The minimum Gasteiger partial charge on any atom is -0.506 e. The number of aliphatic hydroxyl groups excluding tert-OH is 1. The Balaban J connectivity index is 1.67. The fourth-order valence-electron chi connectivity index (χ4n) is 3.29. The van der Waals surface area contributed by atoms with E-state index < -0.39 is 11.9 Å². The van der Waals surface area contributed by atoms with E-state index in [4.69, 9.17) is 13.9 Å². The van der Waals surface area contributed by atoms with Crippen LogP contribution in [0.2, 0.25) is 0 Å². The van der Waals surface area contributed by atoms with Gasteiger partial charge in [0.05, 0.1) is 29.9 Å². The van der Waals surface area contributed by atoms with E-state index in [1.165, 1.54) is 12.1 Å². The van der Waals surface area contributed by atoms with E-state index >= 15 is 0 Å². The van der Waals surface area contributed by atoms with E-state index in [0.717, 1.165) is 11.8 Å². The standard InChI is InChI=1S/C26H21NO7S/c1-3-33-26(31)22-23(28)21(35-24(22)27-17-7-9-18(32-2)10-8-17)14-19-11-12-20(34-19)15-5-4-6-16(13-15)25(29)30/h4-14,28H,3H2,1-2H3,(H,29,30). The maximum absolute atomic E-state index is 12.6. The molecule has 3 aromatic rings. The number of aliphatic imine (C=N–C) groups is 1. The number of hydrogen-bond acceptors (Lipinski definition) is 8. The second-order valence-corrected chi connectivity index (χ2v) is 8.29. The first-order valence-corrected chi connectivity index (χ1v) is 11.4. The lowest BCUT2D eigenvalue weighted by molar-refractivity contribution is -0.138. The van der Waals surface area contributed by atoms with Crippen molar-refractivity contribution in [2.24, 2.45) is 4.99 Å². The predicted molar refractivity (Wildman–Crippen MR) is 133 cm³/mol. The summed E-state index contributed by atoms with van der Waals surface area (Å²) in [5.41, 5.74) is 1.29. The third-order valence-electron chi connectivity index (χ3n) is 4.97. The largest absolute Gasteiger partial charge is 0.506 e. The molecule has 178 valence electrons. The molecular formula is C26H21NO7S. The highest BCUT2D eigenvalue weighted by Crippen LogP contribution is 2.40. The van der Waals surface area contributed by atoms with Gasteiger partial charge >= 0.3 is 11.9 Å². The van der Waals surface area contributed by atoms with Gasteiger partial charge in [-0.25, -0.2) is 14.6 Å². The summed E-state index contributed by atoms with van der Waals surface area (Å²) in [6, 6.07) is 16.7. The molecule has 0 amide bonds. The third-order valence-corrected chi connectivity index (χ3v) is 5.99. The van der Waals surface area contributed by atoms with Gasteiger partial charge in [0.15, 0.2) is 0 Å². The van der Waals surface area contributed by atoms with Crippen molar-refractivity contribution < 1.29 is 33.7 Å². The lowest BCUT2D eigenvalue weighted by atomic mass is 10.1. The lowest BCUT2D eigenvalue weighted by Crippen LogP contribution is -2.12. The molecule has 2 heterocycles. The molecule has 0 unspecified atom stereocenters. The van der Waals surface area contributed by atoms with Crippen LogP contribution in [0.1, 0.15) is 23.0 Å². The molecule has 0 saturated heterocycles. The van der Waals surface area contributed by atoms with Gasteiger partial charge in [0.1, 0.15) is 33.6 Å². The molecule has 0 aliphatic carbocycles. The van der Waals surface area contributed by atoms with Crippen LogP contribution in [0.25, 0.3) is 17.4 Å². The van der Waals surface area contributed by atoms with E-state index in [9.17, 15) is 19.8 Å². The fourth-order valence-corrected chi connectivity index (χ4v) is 4.30. The van der Waals surface area contributed by atoms with Crippen LogP contribution in [0.4, 0.5) is 5.69 Å². The topological polar surface area (TPSA) is 119 Å². The summed E-state index contributed by atoms with van der Waals surface area (Å²) in [5, 5.41) is 20.3. The van der Waals surface area contributed by atoms with Crippen molar-refractivity contribution in [3.05, 3.63) is 88.2 Å². The first kappa shape index (κ1) is 23.9. The molecule has 1 aliphatic rings. The van der Waals surface area contributed by atoms with Gasteiger partial charge in [-0.2, -0.15) is 0 Å². The number of thioether (sulfide) groups is 1. The molecule has 1 aliphatic heterocycles. The predicted octanol–water partition coefficient (Wildman–Crippen LogP) is 5.85. The number of aromatic carboxylic acids is 1. The van der Waals surface area contributed by atoms with Crippen molar-refractivity contribution in [3.63, 3.8) is 0 Å². The van der Waals surface area contributed by atoms with Crippen molar-refractivity contribution in [1.29, 1.82) is 0 Å². The molecule has 0 fully saturated rings. The molecule has 4 rings (SSSR count). The summed E-state index contributed by atoms with van der Waals surface area (Å²) in [5.74, 6) is -0.438. The molecule has 0 saturated carbocycles. The summed E-state index contributed by atoms with van der Waals surface area (Å²) < 4.78 is 16.1. The minimum absolute atomic E-state index is 0.0279. The van der Waals surface area contributed by atoms with Crippen molar-refractivity contribution in [3.8, 4) is 17.1 Å². The van der Waals surface area contributed by atoms with Crippen molar-refractivity contribution >= 4 is 40.5 Å². The van der Waals surface area contributed by atoms with Crippen molar-refractivity contribution in [1.82, 2.24) is 0 Å². The zero-order chi connectivity index (χ0) is 24.9. The lowest BCUT2D eigenvalue weighted by Gasteiger charge is -2.04. The normalized spacial score (nSPS) is 15.6. The Bertz CT molecular complexity index is 1370. The quantitative estimate of drug-likeness (QED) is 0.395. The van der Waals surface area contributed by atoms with Gasteiger partial charge in [-0.15, -0.1) is 0 Å². The van der Waals surface area contributed by atoms with Crippen molar-refractivity contribution in [2.75, 3.05) is 13.7 Å². The molecular weight excluding hydrogens is 470 g/mol. The molecule has 9 heteroatoms. The SMILES string of the molecule is CCOC(=O)C1=C(O)C(=Cc2ccc(-c3cccc(C(=O)O)c3)o2)SC1=Nc1ccc(OC)cc1. The molecule has 0 atom stereocenters. The number of hydrogen-bond donors (Lipinski definition) is 2. The highest BCUT2D eigenvalue weighted by molar-refractivity contribution is 8.18. The molecule has 2 N–H and O–H groups in total. The molecule has 0 spiro atoms. The summed E-state index contributed by atoms with van der Waals surface area (Å²) in [7, 11) is 1.56. The molecule has 1 aromatic heterocycles. The zero-order valence-corrected chi connectivity index (χ0v) is 19.7. The Labute approximate surface area is 205 Å². The van der Waals surface area contributed by atoms with Gasteiger partial charge in [-0.05, 0) is 61.5 Å². The Morgan fingerprint density at radius 1 is 1.11 bits per heavy atom. The minimum atomic E-state index is -1.03. The Hall–Kier alpha value is -4.24. The summed E-state index contributed by atoms with van der Waals surface area (Å²) in [6.45, 7) is 1.82. The van der Waals surface area contributed by atoms with Gasteiger partial charge in [0.25, 0.3) is 0 Å². The number of furan rings is 1. The van der Waals surface area contributed by atoms with E-state index in [-0.39, 0.29) is 23.5 Å². The average molecular weight is 492 g/mol. The number of carboxylic acids is 1. The van der Waals surface area contributed by atoms with E-state index in [2.05, 4.69) is 4.99 Å². The van der Waals surface area contributed by atoms with E-state index in [1.807, 2.05) is 0 Å². The first-order valence-electron chi connectivity index (χ1n) is 10.6. The van der Waals surface area contributed by atoms with Gasteiger partial charge in [-0.3, -0.25) is 0 Å². The smallest absolute Gasteiger partial charge is 0.344 e. The Morgan fingerprint density at radius 3 is 2.57 bits per heavy atom. The van der Waals surface area contributed by atoms with E-state index in [1.54, 1.807) is 68.6 Å². The molecule has 8 nitrogen and oxygen atoms in total.